The highest BCUT2D eigenvalue weighted by molar-refractivity contribution is 5.90. The molecule has 0 spiro atoms. The van der Waals surface area contributed by atoms with Crippen molar-refractivity contribution in [2.24, 2.45) is 0 Å². The Morgan fingerprint density at radius 3 is 2.33 bits per heavy atom. The van der Waals surface area contributed by atoms with E-state index in [2.05, 4.69) is 11.8 Å². The first-order chi connectivity index (χ1) is 8.74. The van der Waals surface area contributed by atoms with E-state index in [0.717, 1.165) is 0 Å². The van der Waals surface area contributed by atoms with Crippen LogP contribution in [-0.4, -0.2) is 5.97 Å². The summed E-state index contributed by atoms with van der Waals surface area (Å²) in [6, 6.07) is 14.2. The second-order valence-corrected chi connectivity index (χ2v) is 3.46. The molecule has 2 rings (SSSR count). The number of rotatable bonds is 1. The van der Waals surface area contributed by atoms with Crippen molar-refractivity contribution in [3.05, 3.63) is 66.0 Å². The van der Waals surface area contributed by atoms with Crippen LogP contribution >= 0.6 is 0 Å². The fraction of sp³-hybridized carbons (Fsp3) is 0. The Morgan fingerprint density at radius 1 is 1.00 bits per heavy atom. The van der Waals surface area contributed by atoms with Crippen LogP contribution in [0.25, 0.3) is 0 Å². The molecule has 0 bridgehead atoms. The van der Waals surface area contributed by atoms with E-state index in [9.17, 15) is 9.18 Å². The largest absolute Gasteiger partial charge is 0.417 e. The van der Waals surface area contributed by atoms with Crippen LogP contribution in [0.2, 0.25) is 0 Å². The molecule has 0 aromatic heterocycles. The van der Waals surface area contributed by atoms with Crippen molar-refractivity contribution < 1.29 is 13.9 Å². The lowest BCUT2D eigenvalue weighted by Crippen LogP contribution is -2.04. The van der Waals surface area contributed by atoms with Crippen LogP contribution in [0.4, 0.5) is 4.39 Å². The van der Waals surface area contributed by atoms with E-state index in [-0.39, 0.29) is 5.82 Å². The monoisotopic (exact) mass is 240 g/mol. The highest BCUT2D eigenvalue weighted by Gasteiger charge is 1.98. The van der Waals surface area contributed by atoms with Crippen molar-refractivity contribution in [1.29, 1.82) is 0 Å². The molecule has 0 radical (unpaired) electrons. The zero-order valence-electron chi connectivity index (χ0n) is 9.39. The smallest absolute Gasteiger partial charge is 0.390 e. The molecule has 0 N–H and O–H groups in total. The molecule has 0 aliphatic carbocycles. The molecule has 0 unspecified atom stereocenters. The summed E-state index contributed by atoms with van der Waals surface area (Å²) in [5, 5.41) is 0. The van der Waals surface area contributed by atoms with Crippen LogP contribution in [-0.2, 0) is 4.79 Å². The van der Waals surface area contributed by atoms with Crippen LogP contribution in [0.5, 0.6) is 5.75 Å². The molecular formula is C15H9FO2. The van der Waals surface area contributed by atoms with E-state index in [1.807, 2.05) is 6.07 Å². The summed E-state index contributed by atoms with van der Waals surface area (Å²) in [4.78, 5) is 11.4. The number of hydrogen-bond acceptors (Lipinski definition) is 2. The molecule has 0 atom stereocenters. The first-order valence-corrected chi connectivity index (χ1v) is 5.28. The van der Waals surface area contributed by atoms with Gasteiger partial charge in [-0.25, -0.2) is 9.18 Å². The lowest BCUT2D eigenvalue weighted by molar-refractivity contribution is -0.128. The van der Waals surface area contributed by atoms with E-state index < -0.39 is 5.97 Å². The molecule has 0 heterocycles. The summed E-state index contributed by atoms with van der Waals surface area (Å²) >= 11 is 0. The van der Waals surface area contributed by atoms with Crippen molar-refractivity contribution in [2.45, 2.75) is 0 Å². The first-order valence-electron chi connectivity index (χ1n) is 5.28. The Bertz CT molecular complexity index is 592. The molecule has 2 aromatic rings. The molecule has 88 valence electrons. The van der Waals surface area contributed by atoms with Gasteiger partial charge in [-0.2, -0.15) is 0 Å². The van der Waals surface area contributed by atoms with Crippen molar-refractivity contribution in [2.75, 3.05) is 0 Å². The highest BCUT2D eigenvalue weighted by Crippen LogP contribution is 2.08. The standard InChI is InChI=1S/C15H9FO2/c16-13-9-6-12(7-10-13)8-11-15(17)18-14-4-2-1-3-5-14/h1-7,9-10H. The SMILES string of the molecule is O=C(C#Cc1ccc(F)cc1)Oc1ccccc1. The Hall–Kier alpha value is -2.60. The van der Waals surface area contributed by atoms with Gasteiger partial charge in [-0.3, -0.25) is 0 Å². The van der Waals surface area contributed by atoms with Crippen LogP contribution in [0.1, 0.15) is 5.56 Å². The Morgan fingerprint density at radius 2 is 1.67 bits per heavy atom. The van der Waals surface area contributed by atoms with Crippen LogP contribution < -0.4 is 4.74 Å². The van der Waals surface area contributed by atoms with Gasteiger partial charge in [-0.1, -0.05) is 24.1 Å². The average Bonchev–Trinajstić information content (AvgIpc) is 2.39. The van der Waals surface area contributed by atoms with E-state index in [0.29, 0.717) is 11.3 Å². The number of carbonyl (C=O) groups excluding carboxylic acids is 1. The van der Waals surface area contributed by atoms with Crippen molar-refractivity contribution in [3.8, 4) is 17.6 Å². The number of hydrogen-bond donors (Lipinski definition) is 0. The van der Waals surface area contributed by atoms with Crippen molar-refractivity contribution in [3.63, 3.8) is 0 Å². The van der Waals surface area contributed by atoms with Gasteiger partial charge in [0.1, 0.15) is 11.6 Å². The fourth-order valence-electron chi connectivity index (χ4n) is 1.28. The van der Waals surface area contributed by atoms with Gasteiger partial charge in [0.2, 0.25) is 0 Å². The number of ether oxygens (including phenoxy) is 1. The van der Waals surface area contributed by atoms with Gasteiger partial charge in [-0.15, -0.1) is 0 Å². The average molecular weight is 240 g/mol. The van der Waals surface area contributed by atoms with Gasteiger partial charge >= 0.3 is 5.97 Å². The molecule has 0 amide bonds. The van der Waals surface area contributed by atoms with Gasteiger partial charge in [0.15, 0.2) is 0 Å². The summed E-state index contributed by atoms with van der Waals surface area (Å²) in [5.74, 6) is 4.39. The maximum atomic E-state index is 12.6. The van der Waals surface area contributed by atoms with E-state index in [1.165, 1.54) is 24.3 Å². The van der Waals surface area contributed by atoms with Gasteiger partial charge in [0.05, 0.1) is 0 Å². The van der Waals surface area contributed by atoms with Crippen molar-refractivity contribution >= 4 is 5.97 Å². The zero-order chi connectivity index (χ0) is 12.8. The summed E-state index contributed by atoms with van der Waals surface area (Å²) in [7, 11) is 0. The van der Waals surface area contributed by atoms with E-state index in [4.69, 9.17) is 4.74 Å². The second-order valence-electron chi connectivity index (χ2n) is 3.46. The number of carbonyl (C=O) groups is 1. The Kier molecular flexibility index (Phi) is 3.72. The van der Waals surface area contributed by atoms with E-state index in [1.54, 1.807) is 24.3 Å². The third-order valence-electron chi connectivity index (χ3n) is 2.11. The predicted molar refractivity (Wildman–Crippen MR) is 65.4 cm³/mol. The van der Waals surface area contributed by atoms with Crippen molar-refractivity contribution in [1.82, 2.24) is 0 Å². The third kappa shape index (κ3) is 3.46. The number of para-hydroxylation sites is 1. The lowest BCUT2D eigenvalue weighted by Gasteiger charge is -1.97. The van der Waals surface area contributed by atoms with Gasteiger partial charge in [0, 0.05) is 11.5 Å². The van der Waals surface area contributed by atoms with Gasteiger partial charge < -0.3 is 4.74 Å². The Balaban J connectivity index is 2.02. The second kappa shape index (κ2) is 5.65. The molecule has 0 saturated heterocycles. The molecule has 0 aliphatic heterocycles. The molecule has 18 heavy (non-hydrogen) atoms. The summed E-state index contributed by atoms with van der Waals surface area (Å²) in [5.41, 5.74) is 0.557. The molecule has 0 aliphatic rings. The predicted octanol–water partition coefficient (Wildman–Crippen LogP) is 2.78. The van der Waals surface area contributed by atoms with Crippen LogP contribution in [0.3, 0.4) is 0 Å². The third-order valence-corrected chi connectivity index (χ3v) is 2.11. The minimum atomic E-state index is -0.648. The summed E-state index contributed by atoms with van der Waals surface area (Å²) in [6.45, 7) is 0. The minimum absolute atomic E-state index is 0.340. The molecule has 2 nitrogen and oxygen atoms in total. The molecular weight excluding hydrogens is 231 g/mol. The van der Waals surface area contributed by atoms with Crippen LogP contribution in [0, 0.1) is 17.7 Å². The molecule has 0 fully saturated rings. The molecule has 0 saturated carbocycles. The van der Waals surface area contributed by atoms with Crippen LogP contribution in [0.15, 0.2) is 54.6 Å². The first kappa shape index (κ1) is 11.9. The normalized spacial score (nSPS) is 9.17. The maximum Gasteiger partial charge on any atom is 0.390 e. The highest BCUT2D eigenvalue weighted by atomic mass is 19.1. The molecule has 2 aromatic carbocycles. The van der Waals surface area contributed by atoms with Gasteiger partial charge in [-0.05, 0) is 36.4 Å². The fourth-order valence-corrected chi connectivity index (χ4v) is 1.28. The topological polar surface area (TPSA) is 26.3 Å². The van der Waals surface area contributed by atoms with E-state index >= 15 is 0 Å². The van der Waals surface area contributed by atoms with Gasteiger partial charge in [0.25, 0.3) is 0 Å². The summed E-state index contributed by atoms with van der Waals surface area (Å²) in [6.07, 6.45) is 0. The summed E-state index contributed by atoms with van der Waals surface area (Å²) < 4.78 is 17.6. The lowest BCUT2D eigenvalue weighted by atomic mass is 10.2. The quantitative estimate of drug-likeness (QED) is 0.435. The maximum absolute atomic E-state index is 12.6. The number of benzene rings is 2. The Labute approximate surface area is 104 Å². The minimum Gasteiger partial charge on any atom is -0.417 e. The number of halogens is 1. The number of esters is 1. The molecule has 3 heteroatoms. The zero-order valence-corrected chi connectivity index (χ0v) is 9.39.